The number of hydrogen-bond acceptors (Lipinski definition) is 3. The molecule has 0 atom stereocenters. The van der Waals surface area contributed by atoms with Crippen molar-refractivity contribution in [1.29, 1.82) is 0 Å². The molecule has 0 aromatic rings. The van der Waals surface area contributed by atoms with Crippen LogP contribution in [0.1, 0.15) is 32.6 Å². The quantitative estimate of drug-likeness (QED) is 0.773. The normalized spacial score (nSPS) is 19.8. The van der Waals surface area contributed by atoms with Crippen molar-refractivity contribution in [1.82, 2.24) is 9.80 Å². The molecule has 0 aromatic heterocycles. The van der Waals surface area contributed by atoms with Crippen molar-refractivity contribution >= 4 is 18.0 Å². The first-order valence-electron chi connectivity index (χ1n) is 6.96. The number of carbonyl (C=O) groups excluding carboxylic acids is 2. The lowest BCUT2D eigenvalue weighted by atomic mass is 9.93. The molecule has 0 aromatic carbocycles. The average Bonchev–Trinajstić information content (AvgIpc) is 2.48. The zero-order valence-corrected chi connectivity index (χ0v) is 11.4. The third-order valence-corrected chi connectivity index (χ3v) is 3.77. The molecule has 0 saturated carbocycles. The summed E-state index contributed by atoms with van der Waals surface area (Å²) in [6, 6.07) is 0. The molecular formula is C14H21N3O2. The number of carbonyl (C=O) groups is 2. The van der Waals surface area contributed by atoms with Crippen LogP contribution in [0.25, 0.3) is 0 Å². The Kier molecular flexibility index (Phi) is 4.71. The van der Waals surface area contributed by atoms with Crippen molar-refractivity contribution in [2.45, 2.75) is 32.6 Å². The molecule has 0 bridgehead atoms. The molecule has 5 heteroatoms. The topological polar surface area (TPSA) is 53.0 Å². The van der Waals surface area contributed by atoms with Gasteiger partial charge in [0.05, 0.1) is 6.54 Å². The first-order valence-corrected chi connectivity index (χ1v) is 6.96. The molecule has 2 heterocycles. The van der Waals surface area contributed by atoms with E-state index < -0.39 is 0 Å². The Labute approximate surface area is 114 Å². The van der Waals surface area contributed by atoms with E-state index in [1.54, 1.807) is 23.5 Å². The SMILES string of the molecule is CCC(=O)N1CCC(CC(=O)N2C=CN=CC2)CC1. The second-order valence-electron chi connectivity index (χ2n) is 5.06. The molecule has 104 valence electrons. The van der Waals surface area contributed by atoms with E-state index in [1.807, 2.05) is 11.8 Å². The number of aliphatic imine (C=N–C) groups is 1. The lowest BCUT2D eigenvalue weighted by Gasteiger charge is -2.32. The van der Waals surface area contributed by atoms with Crippen molar-refractivity contribution in [3.63, 3.8) is 0 Å². The highest BCUT2D eigenvalue weighted by molar-refractivity contribution is 5.81. The van der Waals surface area contributed by atoms with Gasteiger partial charge in [-0.1, -0.05) is 6.92 Å². The molecule has 2 aliphatic rings. The van der Waals surface area contributed by atoms with E-state index in [1.165, 1.54) is 0 Å². The van der Waals surface area contributed by atoms with Gasteiger partial charge in [0.25, 0.3) is 0 Å². The molecule has 0 spiro atoms. The molecule has 0 unspecified atom stereocenters. The number of hydrogen-bond donors (Lipinski definition) is 0. The number of piperidine rings is 1. The van der Waals surface area contributed by atoms with E-state index >= 15 is 0 Å². The summed E-state index contributed by atoms with van der Waals surface area (Å²) in [6.45, 7) is 4.05. The van der Waals surface area contributed by atoms with Crippen molar-refractivity contribution < 1.29 is 9.59 Å². The van der Waals surface area contributed by atoms with Crippen LogP contribution in [0, 0.1) is 5.92 Å². The number of amides is 2. The van der Waals surface area contributed by atoms with Gasteiger partial charge >= 0.3 is 0 Å². The Morgan fingerprint density at radius 1 is 1.26 bits per heavy atom. The summed E-state index contributed by atoms with van der Waals surface area (Å²) in [5.41, 5.74) is 0. The third kappa shape index (κ3) is 3.66. The van der Waals surface area contributed by atoms with E-state index in [0.717, 1.165) is 25.9 Å². The fraction of sp³-hybridized carbons (Fsp3) is 0.643. The predicted octanol–water partition coefficient (Wildman–Crippen LogP) is 1.41. The van der Waals surface area contributed by atoms with Crippen LogP contribution in [0.3, 0.4) is 0 Å². The van der Waals surface area contributed by atoms with Crippen LogP contribution in [0.15, 0.2) is 17.4 Å². The lowest BCUT2D eigenvalue weighted by molar-refractivity contribution is -0.132. The maximum atomic E-state index is 12.1. The molecule has 2 rings (SSSR count). The Morgan fingerprint density at radius 3 is 2.58 bits per heavy atom. The van der Waals surface area contributed by atoms with Crippen LogP contribution in [0.4, 0.5) is 0 Å². The average molecular weight is 263 g/mol. The highest BCUT2D eigenvalue weighted by Gasteiger charge is 2.25. The monoisotopic (exact) mass is 263 g/mol. The van der Waals surface area contributed by atoms with Crippen molar-refractivity contribution in [2.24, 2.45) is 10.9 Å². The molecule has 0 radical (unpaired) electrons. The van der Waals surface area contributed by atoms with Crippen LogP contribution in [-0.2, 0) is 9.59 Å². The summed E-state index contributed by atoms with van der Waals surface area (Å²) in [6.07, 6.45) is 8.13. The summed E-state index contributed by atoms with van der Waals surface area (Å²) in [5.74, 6) is 0.781. The third-order valence-electron chi connectivity index (χ3n) is 3.77. The van der Waals surface area contributed by atoms with Gasteiger partial charge in [-0.25, -0.2) is 0 Å². The van der Waals surface area contributed by atoms with E-state index in [2.05, 4.69) is 4.99 Å². The van der Waals surface area contributed by atoms with Gasteiger partial charge in [0.15, 0.2) is 0 Å². The van der Waals surface area contributed by atoms with Gasteiger partial charge in [-0.3, -0.25) is 14.6 Å². The van der Waals surface area contributed by atoms with Crippen LogP contribution in [0.2, 0.25) is 0 Å². The Bertz CT molecular complexity index is 395. The second kappa shape index (κ2) is 6.50. The minimum atomic E-state index is 0.155. The maximum Gasteiger partial charge on any atom is 0.227 e. The van der Waals surface area contributed by atoms with Crippen LogP contribution < -0.4 is 0 Å². The van der Waals surface area contributed by atoms with E-state index in [-0.39, 0.29) is 11.8 Å². The fourth-order valence-electron chi connectivity index (χ4n) is 2.54. The van der Waals surface area contributed by atoms with Gasteiger partial charge in [-0.05, 0) is 18.8 Å². The summed E-state index contributed by atoms with van der Waals surface area (Å²) < 4.78 is 0. The van der Waals surface area contributed by atoms with Gasteiger partial charge in [0, 0.05) is 44.5 Å². The van der Waals surface area contributed by atoms with Gasteiger partial charge in [0.2, 0.25) is 11.8 Å². The minimum Gasteiger partial charge on any atom is -0.343 e. The van der Waals surface area contributed by atoms with Gasteiger partial charge in [-0.2, -0.15) is 0 Å². The number of likely N-dealkylation sites (tertiary alicyclic amines) is 1. The first kappa shape index (κ1) is 13.8. The molecule has 5 nitrogen and oxygen atoms in total. The molecule has 2 aliphatic heterocycles. The smallest absolute Gasteiger partial charge is 0.227 e. The zero-order chi connectivity index (χ0) is 13.7. The predicted molar refractivity (Wildman–Crippen MR) is 73.6 cm³/mol. The standard InChI is InChI=1S/C14H21N3O2/c1-2-13(18)16-7-3-12(4-8-16)11-14(19)17-9-5-15-6-10-17/h5-6,9,12H,2-4,7-8,10-11H2,1H3. The minimum absolute atomic E-state index is 0.155. The molecular weight excluding hydrogens is 242 g/mol. The Hall–Kier alpha value is -1.65. The lowest BCUT2D eigenvalue weighted by Crippen LogP contribution is -2.39. The van der Waals surface area contributed by atoms with Crippen molar-refractivity contribution in [2.75, 3.05) is 19.6 Å². The fourth-order valence-corrected chi connectivity index (χ4v) is 2.54. The molecule has 0 aliphatic carbocycles. The van der Waals surface area contributed by atoms with E-state index in [9.17, 15) is 9.59 Å². The highest BCUT2D eigenvalue weighted by Crippen LogP contribution is 2.22. The first-order chi connectivity index (χ1) is 9.20. The molecule has 0 N–H and O–H groups in total. The molecule has 2 amide bonds. The molecule has 1 saturated heterocycles. The Morgan fingerprint density at radius 2 is 2.00 bits per heavy atom. The zero-order valence-electron chi connectivity index (χ0n) is 11.4. The van der Waals surface area contributed by atoms with Crippen LogP contribution in [-0.4, -0.2) is 47.5 Å². The summed E-state index contributed by atoms with van der Waals surface area (Å²) in [7, 11) is 0. The summed E-state index contributed by atoms with van der Waals surface area (Å²) >= 11 is 0. The van der Waals surface area contributed by atoms with Crippen LogP contribution in [0.5, 0.6) is 0 Å². The van der Waals surface area contributed by atoms with Gasteiger partial charge < -0.3 is 9.80 Å². The van der Waals surface area contributed by atoms with Crippen molar-refractivity contribution in [3.8, 4) is 0 Å². The Balaban J connectivity index is 1.76. The van der Waals surface area contributed by atoms with Gasteiger partial charge in [0.1, 0.15) is 0 Å². The largest absolute Gasteiger partial charge is 0.343 e. The number of rotatable bonds is 3. The maximum absolute atomic E-state index is 12.1. The summed E-state index contributed by atoms with van der Waals surface area (Å²) in [4.78, 5) is 31.2. The van der Waals surface area contributed by atoms with Crippen LogP contribution >= 0.6 is 0 Å². The van der Waals surface area contributed by atoms with E-state index in [0.29, 0.717) is 25.3 Å². The van der Waals surface area contributed by atoms with Crippen molar-refractivity contribution in [3.05, 3.63) is 12.4 Å². The van der Waals surface area contributed by atoms with Gasteiger partial charge in [-0.15, -0.1) is 0 Å². The molecule has 19 heavy (non-hydrogen) atoms. The molecule has 1 fully saturated rings. The second-order valence-corrected chi connectivity index (χ2v) is 5.06. The summed E-state index contributed by atoms with van der Waals surface area (Å²) in [5, 5.41) is 0. The van der Waals surface area contributed by atoms with E-state index in [4.69, 9.17) is 0 Å². The highest BCUT2D eigenvalue weighted by atomic mass is 16.2. The number of nitrogens with zero attached hydrogens (tertiary/aromatic N) is 3.